The summed E-state index contributed by atoms with van der Waals surface area (Å²) in [6.07, 6.45) is 4.06. The summed E-state index contributed by atoms with van der Waals surface area (Å²) in [4.78, 5) is 2.50. The van der Waals surface area contributed by atoms with Crippen molar-refractivity contribution in [3.8, 4) is 0 Å². The molecular formula is C14H18ClIN2. The molecule has 1 aliphatic heterocycles. The predicted molar refractivity (Wildman–Crippen MR) is 85.5 cm³/mol. The van der Waals surface area contributed by atoms with Crippen LogP contribution in [0.25, 0.3) is 0 Å². The maximum Gasteiger partial charge on any atom is 0.0503 e. The second-order valence-corrected chi connectivity index (χ2v) is 6.98. The molecule has 2 nitrogen and oxygen atoms in total. The van der Waals surface area contributed by atoms with Crippen LogP contribution >= 0.6 is 34.2 Å². The highest BCUT2D eigenvalue weighted by Crippen LogP contribution is 2.30. The summed E-state index contributed by atoms with van der Waals surface area (Å²) < 4.78 is 1.26. The number of halogens is 2. The van der Waals surface area contributed by atoms with E-state index in [-0.39, 0.29) is 0 Å². The Bertz CT molecular complexity index is 434. The van der Waals surface area contributed by atoms with Gasteiger partial charge in [0, 0.05) is 27.7 Å². The van der Waals surface area contributed by atoms with Crippen LogP contribution in [0, 0.1) is 9.49 Å². The zero-order valence-electron chi connectivity index (χ0n) is 10.3. The largest absolute Gasteiger partial charge is 0.370 e. The lowest BCUT2D eigenvalue weighted by molar-refractivity contribution is 0.515. The SMILES string of the molecule is Clc1ccc(N2CCC(CNC3CC3)C2)c(I)c1. The van der Waals surface area contributed by atoms with Crippen LogP contribution in [-0.4, -0.2) is 25.7 Å². The zero-order chi connectivity index (χ0) is 12.5. The molecule has 18 heavy (non-hydrogen) atoms. The molecule has 4 heteroatoms. The molecule has 1 aromatic carbocycles. The molecule has 0 bridgehead atoms. The summed E-state index contributed by atoms with van der Waals surface area (Å²) in [5.74, 6) is 0.803. The summed E-state index contributed by atoms with van der Waals surface area (Å²) in [5, 5.41) is 4.47. The van der Waals surface area contributed by atoms with Gasteiger partial charge in [0.2, 0.25) is 0 Å². The fourth-order valence-corrected chi connectivity index (χ4v) is 3.79. The molecule has 1 saturated carbocycles. The number of nitrogens with one attached hydrogen (secondary N) is 1. The van der Waals surface area contributed by atoms with Crippen molar-refractivity contribution in [3.63, 3.8) is 0 Å². The number of anilines is 1. The molecule has 98 valence electrons. The molecule has 2 aliphatic rings. The average Bonchev–Trinajstić information content (AvgIpc) is 3.05. The lowest BCUT2D eigenvalue weighted by atomic mass is 10.1. The van der Waals surface area contributed by atoms with E-state index in [1.165, 1.54) is 48.2 Å². The lowest BCUT2D eigenvalue weighted by Gasteiger charge is -2.20. The molecule has 0 amide bonds. The number of nitrogens with zero attached hydrogens (tertiary/aromatic N) is 1. The monoisotopic (exact) mass is 376 g/mol. The van der Waals surface area contributed by atoms with Crippen LogP contribution < -0.4 is 10.2 Å². The Morgan fingerprint density at radius 2 is 2.17 bits per heavy atom. The van der Waals surface area contributed by atoms with Gasteiger partial charge in [-0.05, 0) is 72.5 Å². The van der Waals surface area contributed by atoms with Gasteiger partial charge in [-0.1, -0.05) is 11.6 Å². The van der Waals surface area contributed by atoms with E-state index in [2.05, 4.69) is 38.9 Å². The van der Waals surface area contributed by atoms with E-state index < -0.39 is 0 Å². The van der Waals surface area contributed by atoms with E-state index >= 15 is 0 Å². The van der Waals surface area contributed by atoms with Gasteiger partial charge in [-0.15, -0.1) is 0 Å². The van der Waals surface area contributed by atoms with E-state index in [0.29, 0.717) is 0 Å². The Labute approximate surface area is 127 Å². The molecule has 0 aromatic heterocycles. The topological polar surface area (TPSA) is 15.3 Å². The van der Waals surface area contributed by atoms with Crippen molar-refractivity contribution >= 4 is 39.9 Å². The van der Waals surface area contributed by atoms with Crippen molar-refractivity contribution in [1.29, 1.82) is 0 Å². The fraction of sp³-hybridized carbons (Fsp3) is 0.571. The summed E-state index contributed by atoms with van der Waals surface area (Å²) >= 11 is 8.39. The highest BCUT2D eigenvalue weighted by Gasteiger charge is 2.26. The van der Waals surface area contributed by atoms with Crippen molar-refractivity contribution < 1.29 is 0 Å². The molecule has 0 spiro atoms. The van der Waals surface area contributed by atoms with E-state index in [1.807, 2.05) is 12.1 Å². The highest BCUT2D eigenvalue weighted by atomic mass is 127. The third kappa shape index (κ3) is 3.11. The maximum absolute atomic E-state index is 6.01. The van der Waals surface area contributed by atoms with Crippen molar-refractivity contribution in [2.75, 3.05) is 24.5 Å². The van der Waals surface area contributed by atoms with Crippen LogP contribution in [0.1, 0.15) is 19.3 Å². The first-order valence-electron chi connectivity index (χ1n) is 6.66. The average molecular weight is 377 g/mol. The van der Waals surface area contributed by atoms with E-state index in [0.717, 1.165) is 17.0 Å². The molecule has 1 atom stereocenters. The van der Waals surface area contributed by atoms with Crippen LogP contribution in [-0.2, 0) is 0 Å². The predicted octanol–water partition coefficient (Wildman–Crippen LogP) is 3.52. The number of benzene rings is 1. The van der Waals surface area contributed by atoms with Gasteiger partial charge in [0.05, 0.1) is 5.69 Å². The van der Waals surface area contributed by atoms with Gasteiger partial charge in [0.15, 0.2) is 0 Å². The molecule has 1 aliphatic carbocycles. The van der Waals surface area contributed by atoms with Crippen LogP contribution in [0.15, 0.2) is 18.2 Å². The maximum atomic E-state index is 6.01. The minimum Gasteiger partial charge on any atom is -0.370 e. The van der Waals surface area contributed by atoms with Crippen molar-refractivity contribution in [1.82, 2.24) is 5.32 Å². The van der Waals surface area contributed by atoms with Crippen LogP contribution in [0.2, 0.25) is 5.02 Å². The smallest absolute Gasteiger partial charge is 0.0503 e. The molecule has 2 fully saturated rings. The van der Waals surface area contributed by atoms with Gasteiger partial charge >= 0.3 is 0 Å². The number of rotatable bonds is 4. The minimum absolute atomic E-state index is 0.803. The number of hydrogen-bond acceptors (Lipinski definition) is 2. The molecule has 0 radical (unpaired) electrons. The number of hydrogen-bond donors (Lipinski definition) is 1. The van der Waals surface area contributed by atoms with Gasteiger partial charge < -0.3 is 10.2 Å². The highest BCUT2D eigenvalue weighted by molar-refractivity contribution is 14.1. The second kappa shape index (κ2) is 5.55. The molecule has 1 saturated heterocycles. The summed E-state index contributed by atoms with van der Waals surface area (Å²) in [6.45, 7) is 3.54. The fourth-order valence-electron chi connectivity index (χ4n) is 2.58. The molecule has 1 unspecified atom stereocenters. The normalized spacial score (nSPS) is 23.7. The van der Waals surface area contributed by atoms with Crippen LogP contribution in [0.4, 0.5) is 5.69 Å². The van der Waals surface area contributed by atoms with Crippen molar-refractivity contribution in [2.45, 2.75) is 25.3 Å². The third-order valence-electron chi connectivity index (χ3n) is 3.81. The first-order valence-corrected chi connectivity index (χ1v) is 8.11. The third-order valence-corrected chi connectivity index (χ3v) is 4.91. The molecule has 1 heterocycles. The van der Waals surface area contributed by atoms with Crippen LogP contribution in [0.5, 0.6) is 0 Å². The summed E-state index contributed by atoms with van der Waals surface area (Å²) in [6, 6.07) is 7.03. The Hall–Kier alpha value is -0.000000000000000111. The van der Waals surface area contributed by atoms with E-state index in [9.17, 15) is 0 Å². The Morgan fingerprint density at radius 1 is 1.33 bits per heavy atom. The van der Waals surface area contributed by atoms with Gasteiger partial charge in [0.25, 0.3) is 0 Å². The van der Waals surface area contributed by atoms with Crippen LogP contribution in [0.3, 0.4) is 0 Å². The van der Waals surface area contributed by atoms with Gasteiger partial charge in [-0.2, -0.15) is 0 Å². The molecule has 1 N–H and O–H groups in total. The van der Waals surface area contributed by atoms with Crippen molar-refractivity contribution in [3.05, 3.63) is 26.8 Å². The zero-order valence-corrected chi connectivity index (χ0v) is 13.2. The lowest BCUT2D eigenvalue weighted by Crippen LogP contribution is -2.27. The van der Waals surface area contributed by atoms with E-state index in [4.69, 9.17) is 11.6 Å². The van der Waals surface area contributed by atoms with Crippen molar-refractivity contribution in [2.24, 2.45) is 5.92 Å². The van der Waals surface area contributed by atoms with Gasteiger partial charge in [-0.3, -0.25) is 0 Å². The molecular weight excluding hydrogens is 359 g/mol. The van der Waals surface area contributed by atoms with Gasteiger partial charge in [0.1, 0.15) is 0 Å². The minimum atomic E-state index is 0.803. The summed E-state index contributed by atoms with van der Waals surface area (Å²) in [5.41, 5.74) is 1.34. The standard InChI is InChI=1S/C14H18ClIN2/c15-11-1-4-14(13(16)7-11)18-6-5-10(9-18)8-17-12-2-3-12/h1,4,7,10,12,17H,2-3,5-6,8-9H2. The molecule has 1 aromatic rings. The first kappa shape index (κ1) is 13.0. The Morgan fingerprint density at radius 3 is 2.89 bits per heavy atom. The molecule has 3 rings (SSSR count). The summed E-state index contributed by atoms with van der Waals surface area (Å²) in [7, 11) is 0. The Balaban J connectivity index is 1.59. The second-order valence-electron chi connectivity index (χ2n) is 5.38. The quantitative estimate of drug-likeness (QED) is 0.809. The Kier molecular flexibility index (Phi) is 4.01. The van der Waals surface area contributed by atoms with E-state index in [1.54, 1.807) is 0 Å². The van der Waals surface area contributed by atoms with Gasteiger partial charge in [-0.25, -0.2) is 0 Å². The first-order chi connectivity index (χ1) is 8.72.